The molecule has 84 valence electrons. The Balaban J connectivity index is 2.31. The van der Waals surface area contributed by atoms with Crippen molar-refractivity contribution in [3.63, 3.8) is 0 Å². The van der Waals surface area contributed by atoms with Crippen LogP contribution < -0.4 is 5.73 Å². The minimum absolute atomic E-state index is 0.111. The summed E-state index contributed by atoms with van der Waals surface area (Å²) in [6, 6.07) is 10.1. The van der Waals surface area contributed by atoms with Crippen molar-refractivity contribution in [2.45, 2.75) is 13.0 Å². The Bertz CT molecular complexity index is 441. The second-order valence-electron chi connectivity index (χ2n) is 3.36. The number of rotatable bonds is 4. The van der Waals surface area contributed by atoms with Crippen LogP contribution in [0.5, 0.6) is 0 Å². The summed E-state index contributed by atoms with van der Waals surface area (Å²) in [5.41, 5.74) is 7.63. The molecule has 0 aliphatic rings. The summed E-state index contributed by atoms with van der Waals surface area (Å²) in [5, 5.41) is 2.53. The highest BCUT2D eigenvalue weighted by molar-refractivity contribution is 7.13. The standard InChI is InChI=1S/C12H14N2OS/c1-2-15-11(9-6-4-3-5-7-9)10-8-16-12(13)14-10/h3-8,11H,2H2,1H3,(H2,13,14). The zero-order valence-electron chi connectivity index (χ0n) is 9.09. The van der Waals surface area contributed by atoms with Gasteiger partial charge in [-0.25, -0.2) is 4.98 Å². The second kappa shape index (κ2) is 5.09. The van der Waals surface area contributed by atoms with E-state index in [0.717, 1.165) is 11.3 Å². The second-order valence-corrected chi connectivity index (χ2v) is 4.25. The van der Waals surface area contributed by atoms with E-state index in [0.29, 0.717) is 11.7 Å². The third-order valence-electron chi connectivity index (χ3n) is 2.24. The van der Waals surface area contributed by atoms with Crippen LogP contribution in [0.25, 0.3) is 0 Å². The topological polar surface area (TPSA) is 48.1 Å². The van der Waals surface area contributed by atoms with Crippen LogP contribution >= 0.6 is 11.3 Å². The maximum Gasteiger partial charge on any atom is 0.180 e. The van der Waals surface area contributed by atoms with Crippen molar-refractivity contribution in [1.82, 2.24) is 4.98 Å². The lowest BCUT2D eigenvalue weighted by Gasteiger charge is -2.14. The summed E-state index contributed by atoms with van der Waals surface area (Å²) in [5.74, 6) is 0. The van der Waals surface area contributed by atoms with E-state index in [2.05, 4.69) is 4.98 Å². The summed E-state index contributed by atoms with van der Waals surface area (Å²) in [4.78, 5) is 4.28. The highest BCUT2D eigenvalue weighted by atomic mass is 32.1. The smallest absolute Gasteiger partial charge is 0.180 e. The Hall–Kier alpha value is -1.39. The van der Waals surface area contributed by atoms with E-state index in [4.69, 9.17) is 10.5 Å². The molecule has 4 heteroatoms. The quantitative estimate of drug-likeness (QED) is 0.885. The Morgan fingerprint density at radius 1 is 1.38 bits per heavy atom. The Labute approximate surface area is 98.9 Å². The van der Waals surface area contributed by atoms with Crippen LogP contribution in [0.15, 0.2) is 35.7 Å². The van der Waals surface area contributed by atoms with Crippen molar-refractivity contribution in [2.75, 3.05) is 12.3 Å². The van der Waals surface area contributed by atoms with Crippen molar-refractivity contribution in [3.8, 4) is 0 Å². The molecule has 3 nitrogen and oxygen atoms in total. The molecule has 0 bridgehead atoms. The van der Waals surface area contributed by atoms with Gasteiger partial charge in [-0.3, -0.25) is 0 Å². The lowest BCUT2D eigenvalue weighted by Crippen LogP contribution is -2.06. The molecule has 1 atom stereocenters. The monoisotopic (exact) mass is 234 g/mol. The first-order valence-corrected chi connectivity index (χ1v) is 6.06. The lowest BCUT2D eigenvalue weighted by molar-refractivity contribution is 0.0889. The number of hydrogen-bond acceptors (Lipinski definition) is 4. The van der Waals surface area contributed by atoms with Crippen LogP contribution in [-0.4, -0.2) is 11.6 Å². The summed E-state index contributed by atoms with van der Waals surface area (Å²) < 4.78 is 5.72. The van der Waals surface area contributed by atoms with Crippen molar-refractivity contribution in [1.29, 1.82) is 0 Å². The normalized spacial score (nSPS) is 12.6. The molecule has 1 aromatic carbocycles. The molecule has 0 radical (unpaired) electrons. The number of ether oxygens (including phenoxy) is 1. The number of nitrogens with zero attached hydrogens (tertiary/aromatic N) is 1. The van der Waals surface area contributed by atoms with Crippen molar-refractivity contribution >= 4 is 16.5 Å². The molecule has 0 saturated carbocycles. The lowest BCUT2D eigenvalue weighted by atomic mass is 10.1. The van der Waals surface area contributed by atoms with Crippen LogP contribution in [0.2, 0.25) is 0 Å². The van der Waals surface area contributed by atoms with Gasteiger partial charge in [0.2, 0.25) is 0 Å². The molecule has 1 unspecified atom stereocenters. The summed E-state index contributed by atoms with van der Waals surface area (Å²) in [6.07, 6.45) is -0.111. The van der Waals surface area contributed by atoms with E-state index in [-0.39, 0.29) is 6.10 Å². The molecule has 16 heavy (non-hydrogen) atoms. The first-order chi connectivity index (χ1) is 7.81. The molecular weight excluding hydrogens is 220 g/mol. The number of anilines is 1. The first-order valence-electron chi connectivity index (χ1n) is 5.18. The molecule has 1 heterocycles. The molecular formula is C12H14N2OS. The van der Waals surface area contributed by atoms with Gasteiger partial charge in [0.1, 0.15) is 6.10 Å². The zero-order valence-corrected chi connectivity index (χ0v) is 9.91. The number of thiazole rings is 1. The van der Waals surface area contributed by atoms with E-state index < -0.39 is 0 Å². The molecule has 0 spiro atoms. The maximum absolute atomic E-state index is 5.72. The minimum atomic E-state index is -0.111. The zero-order chi connectivity index (χ0) is 11.4. The number of aromatic nitrogens is 1. The number of nitrogen functional groups attached to an aromatic ring is 1. The SMILES string of the molecule is CCOC(c1ccccc1)c1csc(N)n1. The molecule has 0 aliphatic heterocycles. The van der Waals surface area contributed by atoms with Crippen LogP contribution in [0, 0.1) is 0 Å². The predicted octanol–water partition coefficient (Wildman–Crippen LogP) is 2.85. The van der Waals surface area contributed by atoms with Gasteiger partial charge in [0, 0.05) is 12.0 Å². The highest BCUT2D eigenvalue weighted by Crippen LogP contribution is 2.27. The fourth-order valence-corrected chi connectivity index (χ4v) is 2.14. The van der Waals surface area contributed by atoms with E-state index in [1.54, 1.807) is 0 Å². The van der Waals surface area contributed by atoms with Crippen molar-refractivity contribution in [2.24, 2.45) is 0 Å². The summed E-state index contributed by atoms with van der Waals surface area (Å²) in [6.45, 7) is 2.63. The van der Waals surface area contributed by atoms with Gasteiger partial charge in [0.15, 0.2) is 5.13 Å². The van der Waals surface area contributed by atoms with E-state index in [9.17, 15) is 0 Å². The highest BCUT2D eigenvalue weighted by Gasteiger charge is 2.16. The molecule has 2 rings (SSSR count). The molecule has 1 aromatic heterocycles. The number of hydrogen-bond donors (Lipinski definition) is 1. The number of benzene rings is 1. The van der Waals surface area contributed by atoms with E-state index in [1.165, 1.54) is 11.3 Å². The average Bonchev–Trinajstić information content (AvgIpc) is 2.74. The van der Waals surface area contributed by atoms with Crippen molar-refractivity contribution in [3.05, 3.63) is 47.0 Å². The van der Waals surface area contributed by atoms with Gasteiger partial charge in [-0.1, -0.05) is 30.3 Å². The third kappa shape index (κ3) is 2.40. The van der Waals surface area contributed by atoms with Gasteiger partial charge >= 0.3 is 0 Å². The first kappa shape index (κ1) is 11.1. The molecule has 0 saturated heterocycles. The Kier molecular flexibility index (Phi) is 3.54. The molecule has 0 aliphatic carbocycles. The van der Waals surface area contributed by atoms with E-state index in [1.807, 2.05) is 42.6 Å². The maximum atomic E-state index is 5.72. The van der Waals surface area contributed by atoms with Crippen LogP contribution in [0.3, 0.4) is 0 Å². The predicted molar refractivity (Wildman–Crippen MR) is 66.4 cm³/mol. The van der Waals surface area contributed by atoms with Gasteiger partial charge < -0.3 is 10.5 Å². The fourth-order valence-electron chi connectivity index (χ4n) is 1.57. The Morgan fingerprint density at radius 2 is 2.12 bits per heavy atom. The minimum Gasteiger partial charge on any atom is -0.375 e. The average molecular weight is 234 g/mol. The molecule has 0 amide bonds. The van der Waals surface area contributed by atoms with Gasteiger partial charge in [0.05, 0.1) is 5.69 Å². The van der Waals surface area contributed by atoms with Gasteiger partial charge in [0.25, 0.3) is 0 Å². The van der Waals surface area contributed by atoms with E-state index >= 15 is 0 Å². The fraction of sp³-hybridized carbons (Fsp3) is 0.250. The Morgan fingerprint density at radius 3 is 2.69 bits per heavy atom. The largest absolute Gasteiger partial charge is 0.375 e. The summed E-state index contributed by atoms with van der Waals surface area (Å²) >= 11 is 1.44. The van der Waals surface area contributed by atoms with Crippen LogP contribution in [-0.2, 0) is 4.74 Å². The molecule has 0 fully saturated rings. The van der Waals surface area contributed by atoms with Gasteiger partial charge in [-0.2, -0.15) is 0 Å². The molecule has 2 aromatic rings. The van der Waals surface area contributed by atoms with Crippen LogP contribution in [0.4, 0.5) is 5.13 Å². The third-order valence-corrected chi connectivity index (χ3v) is 2.94. The van der Waals surface area contributed by atoms with Crippen molar-refractivity contribution < 1.29 is 4.74 Å². The molecule has 2 N–H and O–H groups in total. The summed E-state index contributed by atoms with van der Waals surface area (Å²) in [7, 11) is 0. The van der Waals surface area contributed by atoms with Gasteiger partial charge in [-0.05, 0) is 12.5 Å². The van der Waals surface area contributed by atoms with Gasteiger partial charge in [-0.15, -0.1) is 11.3 Å². The van der Waals surface area contributed by atoms with Crippen LogP contribution in [0.1, 0.15) is 24.3 Å². The number of nitrogens with two attached hydrogens (primary N) is 1.